The lowest BCUT2D eigenvalue weighted by Gasteiger charge is -2.16. The summed E-state index contributed by atoms with van der Waals surface area (Å²) in [7, 11) is 0. The van der Waals surface area contributed by atoms with Crippen molar-refractivity contribution in [3.05, 3.63) is 39.7 Å². The van der Waals surface area contributed by atoms with Gasteiger partial charge in [-0.2, -0.15) is 0 Å². The molecule has 1 unspecified atom stereocenters. The van der Waals surface area contributed by atoms with Crippen LogP contribution in [0.4, 0.5) is 10.1 Å². The molecule has 1 aromatic carbocycles. The molecule has 0 bridgehead atoms. The number of hydrogen-bond acceptors (Lipinski definition) is 4. The van der Waals surface area contributed by atoms with E-state index in [-0.39, 0.29) is 11.6 Å². The lowest BCUT2D eigenvalue weighted by atomic mass is 10.1. The van der Waals surface area contributed by atoms with Gasteiger partial charge in [0, 0.05) is 12.6 Å². The molecule has 1 aliphatic heterocycles. The summed E-state index contributed by atoms with van der Waals surface area (Å²) < 4.78 is 13.0. The topological polar surface area (TPSA) is 84.3 Å². The Morgan fingerprint density at radius 2 is 2.25 bits per heavy atom. The second-order valence-electron chi connectivity index (χ2n) is 4.79. The molecule has 0 aliphatic carbocycles. The Bertz CT molecular complexity index is 514. The van der Waals surface area contributed by atoms with Crippen LogP contribution < -0.4 is 10.6 Å². The van der Waals surface area contributed by atoms with Crippen LogP contribution in [0.2, 0.25) is 0 Å². The Hall–Kier alpha value is -2.02. The summed E-state index contributed by atoms with van der Waals surface area (Å²) in [5, 5.41) is 16.8. The fourth-order valence-corrected chi connectivity index (χ4v) is 2.25. The molecule has 1 saturated heterocycles. The zero-order valence-electron chi connectivity index (χ0n) is 10.9. The highest BCUT2D eigenvalue weighted by Crippen LogP contribution is 2.20. The maximum atomic E-state index is 13.0. The van der Waals surface area contributed by atoms with Crippen molar-refractivity contribution in [1.29, 1.82) is 0 Å². The Balaban J connectivity index is 2.14. The summed E-state index contributed by atoms with van der Waals surface area (Å²) in [4.78, 5) is 22.2. The molecule has 1 fully saturated rings. The second-order valence-corrected chi connectivity index (χ2v) is 4.79. The van der Waals surface area contributed by atoms with Crippen molar-refractivity contribution in [2.75, 3.05) is 13.1 Å². The number of halogens is 1. The van der Waals surface area contributed by atoms with Gasteiger partial charge in [-0.1, -0.05) is 6.42 Å². The van der Waals surface area contributed by atoms with Crippen molar-refractivity contribution >= 4 is 11.6 Å². The van der Waals surface area contributed by atoms with Crippen LogP contribution in [0.1, 0.15) is 29.6 Å². The predicted molar refractivity (Wildman–Crippen MR) is 71.0 cm³/mol. The summed E-state index contributed by atoms with van der Waals surface area (Å²) in [5.41, 5.74) is -0.621. The average molecular weight is 281 g/mol. The molecule has 20 heavy (non-hydrogen) atoms. The van der Waals surface area contributed by atoms with Crippen LogP contribution >= 0.6 is 0 Å². The first-order chi connectivity index (χ1) is 9.58. The van der Waals surface area contributed by atoms with Gasteiger partial charge in [0.2, 0.25) is 0 Å². The van der Waals surface area contributed by atoms with Crippen LogP contribution in [-0.2, 0) is 0 Å². The van der Waals surface area contributed by atoms with Gasteiger partial charge >= 0.3 is 0 Å². The van der Waals surface area contributed by atoms with Crippen molar-refractivity contribution in [2.45, 2.75) is 25.3 Å². The van der Waals surface area contributed by atoms with Crippen molar-refractivity contribution in [2.24, 2.45) is 0 Å². The molecule has 1 amide bonds. The van der Waals surface area contributed by atoms with Crippen molar-refractivity contribution in [1.82, 2.24) is 10.6 Å². The molecule has 1 aliphatic rings. The molecule has 1 atom stereocenters. The smallest absolute Gasteiger partial charge is 0.285 e. The monoisotopic (exact) mass is 281 g/mol. The highest BCUT2D eigenvalue weighted by Gasteiger charge is 2.23. The summed E-state index contributed by atoms with van der Waals surface area (Å²) in [6.45, 7) is 1.55. The van der Waals surface area contributed by atoms with Crippen molar-refractivity contribution < 1.29 is 14.1 Å². The molecule has 1 aromatic rings. The van der Waals surface area contributed by atoms with E-state index < -0.39 is 22.3 Å². The molecule has 0 spiro atoms. The molecule has 2 rings (SSSR count). The van der Waals surface area contributed by atoms with E-state index in [1.807, 2.05) is 0 Å². The van der Waals surface area contributed by atoms with Crippen LogP contribution in [0.15, 0.2) is 18.2 Å². The van der Waals surface area contributed by atoms with Gasteiger partial charge in [-0.15, -0.1) is 0 Å². The molecule has 0 aromatic heterocycles. The molecule has 7 heteroatoms. The number of nitro groups is 1. The largest absolute Gasteiger partial charge is 0.348 e. The molecule has 2 N–H and O–H groups in total. The lowest BCUT2D eigenvalue weighted by Crippen LogP contribution is -2.41. The van der Waals surface area contributed by atoms with E-state index >= 15 is 0 Å². The Kier molecular flexibility index (Phi) is 4.62. The Morgan fingerprint density at radius 1 is 1.45 bits per heavy atom. The van der Waals surface area contributed by atoms with Crippen LogP contribution in [-0.4, -0.2) is 30.0 Å². The standard InChI is InChI=1S/C13H16FN3O3/c14-9-4-5-11(12(7-9)17(19)20)13(18)16-10-3-1-2-6-15-8-10/h4-5,7,10,15H,1-3,6,8H2,(H,16,18). The fourth-order valence-electron chi connectivity index (χ4n) is 2.25. The summed E-state index contributed by atoms with van der Waals surface area (Å²) in [6, 6.07) is 2.90. The predicted octanol–water partition coefficient (Wildman–Crippen LogP) is 1.61. The second kappa shape index (κ2) is 6.42. The molecule has 1 heterocycles. The summed E-state index contributed by atoms with van der Waals surface area (Å²) in [6.07, 6.45) is 2.86. The Labute approximate surface area is 115 Å². The molecule has 6 nitrogen and oxygen atoms in total. The number of carbonyl (C=O) groups excluding carboxylic acids is 1. The minimum atomic E-state index is -0.747. The fraction of sp³-hybridized carbons (Fsp3) is 0.462. The van der Waals surface area contributed by atoms with E-state index in [1.165, 1.54) is 0 Å². The number of nitro benzene ring substituents is 1. The molecular weight excluding hydrogens is 265 g/mol. The zero-order valence-corrected chi connectivity index (χ0v) is 10.9. The number of hydrogen-bond donors (Lipinski definition) is 2. The van der Waals surface area contributed by atoms with Gasteiger partial charge in [0.15, 0.2) is 0 Å². The molecular formula is C13H16FN3O3. The maximum Gasteiger partial charge on any atom is 0.285 e. The van der Waals surface area contributed by atoms with Gasteiger partial charge in [0.1, 0.15) is 11.4 Å². The number of rotatable bonds is 3. The third-order valence-electron chi connectivity index (χ3n) is 3.28. The number of nitrogens with zero attached hydrogens (tertiary/aromatic N) is 1. The number of amides is 1. The zero-order chi connectivity index (χ0) is 14.5. The maximum absolute atomic E-state index is 13.0. The first-order valence-corrected chi connectivity index (χ1v) is 6.53. The lowest BCUT2D eigenvalue weighted by molar-refractivity contribution is -0.385. The van der Waals surface area contributed by atoms with Crippen molar-refractivity contribution in [3.8, 4) is 0 Å². The number of carbonyl (C=O) groups is 1. The van der Waals surface area contributed by atoms with Gasteiger partial charge in [0.05, 0.1) is 11.0 Å². The minimum absolute atomic E-state index is 0.0605. The van der Waals surface area contributed by atoms with Gasteiger partial charge < -0.3 is 10.6 Å². The van der Waals surface area contributed by atoms with Gasteiger partial charge in [0.25, 0.3) is 11.6 Å². The van der Waals surface area contributed by atoms with Gasteiger partial charge in [-0.3, -0.25) is 14.9 Å². The quantitative estimate of drug-likeness (QED) is 0.651. The van der Waals surface area contributed by atoms with E-state index in [9.17, 15) is 19.3 Å². The summed E-state index contributed by atoms with van der Waals surface area (Å²) >= 11 is 0. The van der Waals surface area contributed by atoms with Crippen molar-refractivity contribution in [3.63, 3.8) is 0 Å². The van der Waals surface area contributed by atoms with Gasteiger partial charge in [-0.05, 0) is 31.5 Å². The first kappa shape index (κ1) is 14.4. The summed E-state index contributed by atoms with van der Waals surface area (Å²) in [5.74, 6) is -1.27. The molecule has 0 saturated carbocycles. The van der Waals surface area contributed by atoms with Crippen LogP contribution in [0, 0.1) is 15.9 Å². The highest BCUT2D eigenvalue weighted by atomic mass is 19.1. The minimum Gasteiger partial charge on any atom is -0.348 e. The molecule has 108 valence electrons. The molecule has 0 radical (unpaired) electrons. The SMILES string of the molecule is O=C(NC1CCCCNC1)c1ccc(F)cc1[N+](=O)[O-]. The van der Waals surface area contributed by atoms with E-state index in [4.69, 9.17) is 0 Å². The van der Waals surface area contributed by atoms with E-state index in [1.54, 1.807) is 0 Å². The van der Waals surface area contributed by atoms with E-state index in [0.29, 0.717) is 6.54 Å². The normalized spacial score (nSPS) is 19.1. The van der Waals surface area contributed by atoms with E-state index in [2.05, 4.69) is 10.6 Å². The highest BCUT2D eigenvalue weighted by molar-refractivity contribution is 5.98. The van der Waals surface area contributed by atoms with Gasteiger partial charge in [-0.25, -0.2) is 4.39 Å². The Morgan fingerprint density at radius 3 is 3.00 bits per heavy atom. The van der Waals surface area contributed by atoms with Crippen LogP contribution in [0.25, 0.3) is 0 Å². The van der Waals surface area contributed by atoms with E-state index in [0.717, 1.165) is 44.0 Å². The third-order valence-corrected chi connectivity index (χ3v) is 3.28. The number of nitrogens with one attached hydrogen (secondary N) is 2. The van der Waals surface area contributed by atoms with Crippen LogP contribution in [0.5, 0.6) is 0 Å². The first-order valence-electron chi connectivity index (χ1n) is 6.53. The third kappa shape index (κ3) is 3.51. The average Bonchev–Trinajstić information content (AvgIpc) is 2.67. The number of benzene rings is 1. The van der Waals surface area contributed by atoms with Crippen LogP contribution in [0.3, 0.4) is 0 Å².